The maximum atomic E-state index is 11.5. The Bertz CT molecular complexity index is 405. The molecule has 0 aliphatic carbocycles. The molecule has 0 aromatic rings. The molecule has 18 heavy (non-hydrogen) atoms. The van der Waals surface area contributed by atoms with Crippen LogP contribution < -0.4 is 5.32 Å². The molecule has 0 aliphatic rings. The van der Waals surface area contributed by atoms with Gasteiger partial charge in [0, 0.05) is 7.11 Å². The van der Waals surface area contributed by atoms with Crippen LogP contribution in [0.5, 0.6) is 0 Å². The fourth-order valence-corrected chi connectivity index (χ4v) is 2.60. The van der Waals surface area contributed by atoms with Gasteiger partial charge >= 0.3 is 5.97 Å². The highest BCUT2D eigenvalue weighted by atomic mass is 32.2. The Hall–Kier alpha value is -1.15. The van der Waals surface area contributed by atoms with E-state index in [1.54, 1.807) is 6.92 Å². The summed E-state index contributed by atoms with van der Waals surface area (Å²) in [5.41, 5.74) is -1.63. The molecule has 0 aliphatic heterocycles. The third kappa shape index (κ3) is 5.46. The van der Waals surface area contributed by atoms with Crippen LogP contribution in [0.3, 0.4) is 0 Å². The first-order chi connectivity index (χ1) is 8.17. The van der Waals surface area contributed by atoms with Crippen LogP contribution in [0.2, 0.25) is 0 Å². The summed E-state index contributed by atoms with van der Waals surface area (Å²) in [6.07, 6.45) is 0.407. The van der Waals surface area contributed by atoms with Crippen LogP contribution >= 0.6 is 0 Å². The molecule has 0 saturated carbocycles. The normalized spacial score (nSPS) is 14.8. The summed E-state index contributed by atoms with van der Waals surface area (Å²) in [6, 6.07) is 0. The van der Waals surface area contributed by atoms with Crippen molar-refractivity contribution in [3.8, 4) is 0 Å². The predicted molar refractivity (Wildman–Crippen MR) is 65.0 cm³/mol. The minimum absolute atomic E-state index is 0.103. The van der Waals surface area contributed by atoms with Crippen molar-refractivity contribution in [2.45, 2.75) is 25.8 Å². The number of rotatable bonds is 8. The van der Waals surface area contributed by atoms with E-state index in [1.807, 2.05) is 0 Å². The molecule has 1 atom stereocenters. The number of hydrogen-bond acceptors (Lipinski definition) is 5. The summed E-state index contributed by atoms with van der Waals surface area (Å²) in [7, 11) is -2.20. The number of carbonyl (C=O) groups is 2. The molecule has 0 heterocycles. The average Bonchev–Trinajstić information content (AvgIpc) is 2.15. The van der Waals surface area contributed by atoms with Crippen molar-refractivity contribution >= 4 is 21.7 Å². The Balaban J connectivity index is 4.68. The monoisotopic (exact) mass is 281 g/mol. The molecule has 2 N–H and O–H groups in total. The van der Waals surface area contributed by atoms with Crippen LogP contribution in [0.15, 0.2) is 0 Å². The topological polar surface area (TPSA) is 110 Å². The fourth-order valence-electron chi connectivity index (χ4n) is 1.37. The van der Waals surface area contributed by atoms with Gasteiger partial charge in [-0.05, 0) is 13.3 Å². The van der Waals surface area contributed by atoms with Gasteiger partial charge in [-0.25, -0.2) is 13.2 Å². The van der Waals surface area contributed by atoms with Gasteiger partial charge in [0.25, 0.3) is 0 Å². The minimum atomic E-state index is -3.49. The van der Waals surface area contributed by atoms with Gasteiger partial charge in [0.05, 0.1) is 12.4 Å². The summed E-state index contributed by atoms with van der Waals surface area (Å²) < 4.78 is 27.5. The Kier molecular flexibility index (Phi) is 6.27. The van der Waals surface area contributed by atoms with Crippen LogP contribution in [0.4, 0.5) is 0 Å². The second-order valence-corrected chi connectivity index (χ2v) is 6.39. The number of carboxylic acid groups (broad SMARTS) is 1. The highest BCUT2D eigenvalue weighted by molar-refractivity contribution is 7.92. The molecule has 0 fully saturated rings. The summed E-state index contributed by atoms with van der Waals surface area (Å²) in [6.45, 7) is 2.69. The highest BCUT2D eigenvalue weighted by Crippen LogP contribution is 2.05. The van der Waals surface area contributed by atoms with Crippen LogP contribution in [0.25, 0.3) is 0 Å². The zero-order valence-corrected chi connectivity index (χ0v) is 11.5. The molecular formula is C10H19NO6S. The number of sulfone groups is 1. The van der Waals surface area contributed by atoms with Gasteiger partial charge in [-0.3, -0.25) is 4.79 Å². The largest absolute Gasteiger partial charge is 0.479 e. The van der Waals surface area contributed by atoms with E-state index in [-0.39, 0.29) is 12.4 Å². The van der Waals surface area contributed by atoms with Crippen molar-refractivity contribution < 1.29 is 27.9 Å². The van der Waals surface area contributed by atoms with Crippen LogP contribution in [-0.4, -0.2) is 56.2 Å². The molecule has 0 bridgehead atoms. The van der Waals surface area contributed by atoms with E-state index in [2.05, 4.69) is 5.32 Å². The minimum Gasteiger partial charge on any atom is -0.479 e. The quantitative estimate of drug-likeness (QED) is 0.616. The Morgan fingerprint density at radius 2 is 1.94 bits per heavy atom. The van der Waals surface area contributed by atoms with Crippen LogP contribution in [-0.2, 0) is 24.2 Å². The third-order valence-electron chi connectivity index (χ3n) is 2.19. The van der Waals surface area contributed by atoms with Crippen molar-refractivity contribution in [2.24, 2.45) is 0 Å². The lowest BCUT2D eigenvalue weighted by molar-refractivity contribution is -0.148. The van der Waals surface area contributed by atoms with E-state index in [9.17, 15) is 18.0 Å². The van der Waals surface area contributed by atoms with Crippen molar-refractivity contribution in [3.05, 3.63) is 0 Å². The van der Waals surface area contributed by atoms with E-state index in [0.29, 0.717) is 6.42 Å². The predicted octanol–water partition coefficient (Wildman–Crippen LogP) is -0.583. The summed E-state index contributed by atoms with van der Waals surface area (Å²) in [4.78, 5) is 22.5. The molecule has 0 saturated heterocycles. The number of ether oxygens (including phenoxy) is 1. The van der Waals surface area contributed by atoms with Gasteiger partial charge in [-0.2, -0.15) is 0 Å². The molecule has 1 unspecified atom stereocenters. The number of nitrogens with one attached hydrogen (secondary N) is 1. The van der Waals surface area contributed by atoms with Gasteiger partial charge < -0.3 is 15.2 Å². The van der Waals surface area contributed by atoms with Crippen molar-refractivity contribution in [2.75, 3.05) is 25.2 Å². The molecule has 8 heteroatoms. The SMILES string of the molecule is CCCS(=O)(=O)CC(=O)NC(C)(COC)C(=O)O. The third-order valence-corrected chi connectivity index (χ3v) is 3.92. The van der Waals surface area contributed by atoms with Gasteiger partial charge in [0.15, 0.2) is 15.4 Å². The van der Waals surface area contributed by atoms with E-state index in [1.165, 1.54) is 14.0 Å². The van der Waals surface area contributed by atoms with E-state index in [4.69, 9.17) is 9.84 Å². The zero-order valence-electron chi connectivity index (χ0n) is 10.7. The lowest BCUT2D eigenvalue weighted by atomic mass is 10.0. The second-order valence-electron chi connectivity index (χ2n) is 4.21. The standard InChI is InChI=1S/C10H19NO6S/c1-4-5-18(15,16)6-8(12)11-10(2,7-17-3)9(13)14/h4-7H2,1-3H3,(H,11,12)(H,13,14). The number of aliphatic carboxylic acids is 1. The molecule has 0 radical (unpaired) electrons. The molecule has 106 valence electrons. The van der Waals surface area contributed by atoms with Gasteiger partial charge in [0.2, 0.25) is 5.91 Å². The van der Waals surface area contributed by atoms with Crippen LogP contribution in [0, 0.1) is 0 Å². The molecule has 0 aromatic carbocycles. The van der Waals surface area contributed by atoms with Crippen molar-refractivity contribution in [1.29, 1.82) is 0 Å². The molecular weight excluding hydrogens is 262 g/mol. The summed E-state index contributed by atoms with van der Waals surface area (Å²) >= 11 is 0. The second kappa shape index (κ2) is 6.69. The zero-order chi connectivity index (χ0) is 14.4. The number of hydrogen-bond donors (Lipinski definition) is 2. The number of carbonyl (C=O) groups excluding carboxylic acids is 1. The van der Waals surface area contributed by atoms with Gasteiger partial charge in [-0.15, -0.1) is 0 Å². The molecule has 0 rings (SSSR count). The van der Waals surface area contributed by atoms with E-state index in [0.717, 1.165) is 0 Å². The van der Waals surface area contributed by atoms with Gasteiger partial charge in [0.1, 0.15) is 5.75 Å². The molecule has 7 nitrogen and oxygen atoms in total. The fraction of sp³-hybridized carbons (Fsp3) is 0.800. The molecule has 0 aromatic heterocycles. The first-order valence-corrected chi connectivity index (χ1v) is 7.23. The smallest absolute Gasteiger partial charge is 0.331 e. The maximum Gasteiger partial charge on any atom is 0.331 e. The van der Waals surface area contributed by atoms with Gasteiger partial charge in [-0.1, -0.05) is 6.92 Å². The first kappa shape index (κ1) is 16.9. The van der Waals surface area contributed by atoms with Crippen LogP contribution in [0.1, 0.15) is 20.3 Å². The number of carboxylic acids is 1. The summed E-state index contributed by atoms with van der Waals surface area (Å²) in [5.74, 6) is -2.95. The highest BCUT2D eigenvalue weighted by Gasteiger charge is 2.35. The maximum absolute atomic E-state index is 11.5. The Morgan fingerprint density at radius 3 is 2.33 bits per heavy atom. The van der Waals surface area contributed by atoms with E-state index < -0.39 is 33.0 Å². The van der Waals surface area contributed by atoms with Crippen molar-refractivity contribution in [1.82, 2.24) is 5.32 Å². The first-order valence-electron chi connectivity index (χ1n) is 5.40. The Labute approximate surface area is 106 Å². The van der Waals surface area contributed by atoms with E-state index >= 15 is 0 Å². The Morgan fingerprint density at radius 1 is 1.39 bits per heavy atom. The molecule has 1 amide bonds. The number of methoxy groups -OCH3 is 1. The number of amides is 1. The average molecular weight is 281 g/mol. The lowest BCUT2D eigenvalue weighted by Gasteiger charge is -2.25. The lowest BCUT2D eigenvalue weighted by Crippen LogP contribution is -2.56. The molecule has 0 spiro atoms. The van der Waals surface area contributed by atoms with Crippen molar-refractivity contribution in [3.63, 3.8) is 0 Å². The summed E-state index contributed by atoms with van der Waals surface area (Å²) in [5, 5.41) is 11.1.